The Morgan fingerprint density at radius 2 is 1.83 bits per heavy atom. The molecule has 4 amide bonds. The molecule has 0 bridgehead atoms. The van der Waals surface area contributed by atoms with Gasteiger partial charge in [0.05, 0.1) is 0 Å². The molecular formula is C17H22ClN3O3. The summed E-state index contributed by atoms with van der Waals surface area (Å²) in [5.41, 5.74) is -0.954. The first kappa shape index (κ1) is 18.3. The largest absolute Gasteiger partial charge is 0.350 e. The molecule has 7 heteroatoms. The highest BCUT2D eigenvalue weighted by Crippen LogP contribution is 2.32. The number of nitrogens with zero attached hydrogens (tertiary/aromatic N) is 1. The van der Waals surface area contributed by atoms with Gasteiger partial charge in [-0.2, -0.15) is 0 Å². The molecule has 0 aromatic heterocycles. The molecule has 2 rings (SSSR count). The summed E-state index contributed by atoms with van der Waals surface area (Å²) in [4.78, 5) is 38.2. The lowest BCUT2D eigenvalue weighted by Gasteiger charge is -2.26. The second kappa shape index (κ2) is 6.43. The maximum atomic E-state index is 12.9. The molecule has 0 aliphatic carbocycles. The molecule has 1 aromatic rings. The molecule has 1 fully saturated rings. The van der Waals surface area contributed by atoms with Gasteiger partial charge in [0.15, 0.2) is 0 Å². The molecule has 1 aliphatic heterocycles. The third kappa shape index (κ3) is 3.53. The van der Waals surface area contributed by atoms with Gasteiger partial charge in [-0.3, -0.25) is 14.5 Å². The Bertz CT molecular complexity index is 667. The van der Waals surface area contributed by atoms with Crippen LogP contribution in [0.5, 0.6) is 0 Å². The van der Waals surface area contributed by atoms with E-state index in [1.54, 1.807) is 24.3 Å². The number of halogens is 1. The predicted molar refractivity (Wildman–Crippen MR) is 91.6 cm³/mol. The SMILES string of the molecule is CCC1(c2ccc(Cl)cc2)NC(=O)N(CC(=O)NC(C)(C)C)C1=O. The highest BCUT2D eigenvalue weighted by molar-refractivity contribution is 6.30. The number of nitrogens with one attached hydrogen (secondary N) is 2. The smallest absolute Gasteiger partial charge is 0.325 e. The Kier molecular flexibility index (Phi) is 4.90. The van der Waals surface area contributed by atoms with E-state index >= 15 is 0 Å². The van der Waals surface area contributed by atoms with Crippen LogP contribution in [0.25, 0.3) is 0 Å². The zero-order chi connectivity index (χ0) is 18.1. The Hall–Kier alpha value is -2.08. The molecule has 1 saturated heterocycles. The number of carbonyl (C=O) groups excluding carboxylic acids is 3. The van der Waals surface area contributed by atoms with Crippen LogP contribution in [0, 0.1) is 0 Å². The number of imide groups is 1. The molecule has 1 heterocycles. The van der Waals surface area contributed by atoms with E-state index in [1.807, 2.05) is 27.7 Å². The van der Waals surface area contributed by atoms with E-state index in [-0.39, 0.29) is 12.5 Å². The van der Waals surface area contributed by atoms with Gasteiger partial charge in [0, 0.05) is 10.6 Å². The van der Waals surface area contributed by atoms with E-state index in [0.717, 1.165) is 4.90 Å². The minimum absolute atomic E-state index is 0.308. The summed E-state index contributed by atoms with van der Waals surface area (Å²) in [6, 6.07) is 6.19. The predicted octanol–water partition coefficient (Wildman–Crippen LogP) is 2.41. The van der Waals surface area contributed by atoms with E-state index in [4.69, 9.17) is 11.6 Å². The van der Waals surface area contributed by atoms with E-state index < -0.39 is 23.0 Å². The first-order chi connectivity index (χ1) is 11.1. The number of carbonyl (C=O) groups is 3. The van der Waals surface area contributed by atoms with Gasteiger partial charge in [-0.1, -0.05) is 30.7 Å². The van der Waals surface area contributed by atoms with Gasteiger partial charge in [-0.05, 0) is 44.9 Å². The second-order valence-corrected chi connectivity index (χ2v) is 7.32. The fourth-order valence-corrected chi connectivity index (χ4v) is 2.87. The van der Waals surface area contributed by atoms with Gasteiger partial charge < -0.3 is 10.6 Å². The van der Waals surface area contributed by atoms with Crippen molar-refractivity contribution in [3.63, 3.8) is 0 Å². The molecule has 0 saturated carbocycles. The molecular weight excluding hydrogens is 330 g/mol. The minimum Gasteiger partial charge on any atom is -0.350 e. The number of rotatable bonds is 4. The van der Waals surface area contributed by atoms with Gasteiger partial charge in [0.25, 0.3) is 5.91 Å². The highest BCUT2D eigenvalue weighted by atomic mass is 35.5. The van der Waals surface area contributed by atoms with Crippen LogP contribution < -0.4 is 10.6 Å². The van der Waals surface area contributed by atoms with Crippen LogP contribution >= 0.6 is 11.6 Å². The van der Waals surface area contributed by atoms with Gasteiger partial charge in [0.2, 0.25) is 5.91 Å². The topological polar surface area (TPSA) is 78.5 Å². The van der Waals surface area contributed by atoms with Crippen molar-refractivity contribution in [2.45, 2.75) is 45.2 Å². The summed E-state index contributed by atoms with van der Waals surface area (Å²) in [6.45, 7) is 7.01. The number of urea groups is 1. The summed E-state index contributed by atoms with van der Waals surface area (Å²) >= 11 is 5.90. The molecule has 1 atom stereocenters. The molecule has 0 spiro atoms. The van der Waals surface area contributed by atoms with Crippen molar-refractivity contribution in [1.82, 2.24) is 15.5 Å². The first-order valence-electron chi connectivity index (χ1n) is 7.80. The Morgan fingerprint density at radius 1 is 1.25 bits per heavy atom. The molecule has 130 valence electrons. The van der Waals surface area contributed by atoms with Crippen molar-refractivity contribution in [3.8, 4) is 0 Å². The van der Waals surface area contributed by atoms with Crippen molar-refractivity contribution in [3.05, 3.63) is 34.9 Å². The lowest BCUT2D eigenvalue weighted by atomic mass is 9.87. The average Bonchev–Trinajstić information content (AvgIpc) is 2.71. The van der Waals surface area contributed by atoms with Crippen molar-refractivity contribution < 1.29 is 14.4 Å². The summed E-state index contributed by atoms with van der Waals surface area (Å²) < 4.78 is 0. The summed E-state index contributed by atoms with van der Waals surface area (Å²) in [5.74, 6) is -0.810. The van der Waals surface area contributed by atoms with Crippen molar-refractivity contribution in [1.29, 1.82) is 0 Å². The average molecular weight is 352 g/mol. The fraction of sp³-hybridized carbons (Fsp3) is 0.471. The van der Waals surface area contributed by atoms with Gasteiger partial charge in [0.1, 0.15) is 12.1 Å². The summed E-state index contributed by atoms with van der Waals surface area (Å²) in [6.07, 6.45) is 0.372. The third-order valence-electron chi connectivity index (χ3n) is 3.86. The van der Waals surface area contributed by atoms with Crippen LogP contribution in [0.1, 0.15) is 39.7 Å². The zero-order valence-electron chi connectivity index (χ0n) is 14.3. The maximum absolute atomic E-state index is 12.9. The summed E-state index contributed by atoms with van der Waals surface area (Å²) in [5, 5.41) is 6.03. The first-order valence-corrected chi connectivity index (χ1v) is 8.18. The number of amides is 4. The van der Waals surface area contributed by atoms with E-state index in [1.165, 1.54) is 0 Å². The fourth-order valence-electron chi connectivity index (χ4n) is 2.74. The standard InChI is InChI=1S/C17H22ClN3O3/c1-5-17(11-6-8-12(18)9-7-11)14(23)21(15(24)20-17)10-13(22)19-16(2,3)4/h6-9H,5,10H2,1-4H3,(H,19,22)(H,20,24). The normalized spacial score (nSPS) is 21.0. The third-order valence-corrected chi connectivity index (χ3v) is 4.11. The number of benzene rings is 1. The van der Waals surface area contributed by atoms with Gasteiger partial charge >= 0.3 is 6.03 Å². The van der Waals surface area contributed by atoms with Crippen molar-refractivity contribution in [2.75, 3.05) is 6.54 Å². The van der Waals surface area contributed by atoms with Crippen LogP contribution in [0.3, 0.4) is 0 Å². The Labute approximate surface area is 146 Å². The number of hydrogen-bond donors (Lipinski definition) is 2. The molecule has 0 radical (unpaired) electrons. The lowest BCUT2D eigenvalue weighted by molar-refractivity contribution is -0.135. The Morgan fingerprint density at radius 3 is 2.33 bits per heavy atom. The molecule has 1 aliphatic rings. The zero-order valence-corrected chi connectivity index (χ0v) is 15.0. The maximum Gasteiger partial charge on any atom is 0.325 e. The monoisotopic (exact) mass is 351 g/mol. The molecule has 6 nitrogen and oxygen atoms in total. The molecule has 2 N–H and O–H groups in total. The molecule has 1 unspecified atom stereocenters. The van der Waals surface area contributed by atoms with Crippen LogP contribution in [-0.4, -0.2) is 34.8 Å². The Balaban J connectivity index is 2.26. The minimum atomic E-state index is -1.16. The van der Waals surface area contributed by atoms with Gasteiger partial charge in [-0.25, -0.2) is 4.79 Å². The van der Waals surface area contributed by atoms with E-state index in [0.29, 0.717) is 17.0 Å². The molecule has 1 aromatic carbocycles. The van der Waals surface area contributed by atoms with Crippen molar-refractivity contribution in [2.24, 2.45) is 0 Å². The van der Waals surface area contributed by atoms with E-state index in [9.17, 15) is 14.4 Å². The van der Waals surface area contributed by atoms with Crippen LogP contribution in [0.15, 0.2) is 24.3 Å². The lowest BCUT2D eigenvalue weighted by Crippen LogP contribution is -2.48. The summed E-state index contributed by atoms with van der Waals surface area (Å²) in [7, 11) is 0. The highest BCUT2D eigenvalue weighted by Gasteiger charge is 2.51. The van der Waals surface area contributed by atoms with Crippen LogP contribution in [-0.2, 0) is 15.1 Å². The van der Waals surface area contributed by atoms with Crippen LogP contribution in [0.4, 0.5) is 4.79 Å². The van der Waals surface area contributed by atoms with Crippen molar-refractivity contribution >= 4 is 29.4 Å². The molecule has 24 heavy (non-hydrogen) atoms. The van der Waals surface area contributed by atoms with Crippen LogP contribution in [0.2, 0.25) is 5.02 Å². The quantitative estimate of drug-likeness (QED) is 0.818. The second-order valence-electron chi connectivity index (χ2n) is 6.89. The van der Waals surface area contributed by atoms with E-state index in [2.05, 4.69) is 10.6 Å². The number of hydrogen-bond acceptors (Lipinski definition) is 3. The van der Waals surface area contributed by atoms with Gasteiger partial charge in [-0.15, -0.1) is 0 Å².